The Balaban J connectivity index is 1.18. The normalized spacial score (nSPS) is 19.8. The summed E-state index contributed by atoms with van der Waals surface area (Å²) in [7, 11) is 0. The van der Waals surface area contributed by atoms with Crippen LogP contribution in [0.1, 0.15) is 43.0 Å². The number of piperidine rings is 1. The molecule has 7 rings (SSSR count). The van der Waals surface area contributed by atoms with Crippen molar-refractivity contribution in [3.63, 3.8) is 0 Å². The first kappa shape index (κ1) is 25.0. The van der Waals surface area contributed by atoms with Gasteiger partial charge in [-0.05, 0) is 73.4 Å². The van der Waals surface area contributed by atoms with Gasteiger partial charge in [0.25, 0.3) is 5.56 Å². The number of nitrogens with zero attached hydrogens (tertiary/aromatic N) is 6. The molecule has 0 saturated carbocycles. The van der Waals surface area contributed by atoms with Crippen LogP contribution in [0.3, 0.4) is 0 Å². The SMILES string of the molecule is C=CCn1c(=O)c2cnc(Nc3ccc(N4CCC5(CC4)CNC5)cc3)nc2n1-c1ccc2c(n1)C(O)CCC2. The van der Waals surface area contributed by atoms with E-state index in [0.717, 1.165) is 50.3 Å². The van der Waals surface area contributed by atoms with Crippen LogP contribution in [0.4, 0.5) is 17.3 Å². The van der Waals surface area contributed by atoms with Crippen LogP contribution < -0.4 is 21.1 Å². The van der Waals surface area contributed by atoms with E-state index in [1.807, 2.05) is 24.3 Å². The summed E-state index contributed by atoms with van der Waals surface area (Å²) < 4.78 is 3.26. The Kier molecular flexibility index (Phi) is 6.16. The molecule has 5 heterocycles. The van der Waals surface area contributed by atoms with Crippen LogP contribution in [-0.4, -0.2) is 55.6 Å². The predicted octanol–water partition coefficient (Wildman–Crippen LogP) is 3.47. The maximum Gasteiger partial charge on any atom is 0.278 e. The van der Waals surface area contributed by atoms with E-state index < -0.39 is 6.10 Å². The molecular weight excluding hydrogens is 504 g/mol. The highest BCUT2D eigenvalue weighted by Crippen LogP contribution is 2.36. The molecule has 1 spiro atoms. The van der Waals surface area contributed by atoms with Crippen molar-refractivity contribution in [2.45, 2.75) is 44.8 Å². The van der Waals surface area contributed by atoms with Gasteiger partial charge in [-0.2, -0.15) is 4.98 Å². The number of aromatic nitrogens is 5. The highest BCUT2D eigenvalue weighted by atomic mass is 16.3. The molecule has 1 unspecified atom stereocenters. The predicted molar refractivity (Wildman–Crippen MR) is 155 cm³/mol. The quantitative estimate of drug-likeness (QED) is 0.320. The second-order valence-corrected chi connectivity index (χ2v) is 11.3. The number of aliphatic hydroxyl groups is 1. The fourth-order valence-electron chi connectivity index (χ4n) is 6.30. The minimum atomic E-state index is -0.610. The maximum atomic E-state index is 13.3. The van der Waals surface area contributed by atoms with Crippen molar-refractivity contribution in [2.24, 2.45) is 5.41 Å². The van der Waals surface area contributed by atoms with Gasteiger partial charge in [0.05, 0.1) is 18.3 Å². The average molecular weight is 539 g/mol. The molecule has 206 valence electrons. The molecule has 0 amide bonds. The minimum Gasteiger partial charge on any atom is -0.387 e. The summed E-state index contributed by atoms with van der Waals surface area (Å²) in [5.41, 5.74) is 4.56. The number of aryl methyl sites for hydroxylation is 1. The smallest absolute Gasteiger partial charge is 0.278 e. The van der Waals surface area contributed by atoms with Crippen LogP contribution >= 0.6 is 0 Å². The number of hydrogen-bond donors (Lipinski definition) is 3. The van der Waals surface area contributed by atoms with Crippen molar-refractivity contribution in [2.75, 3.05) is 36.4 Å². The fraction of sp³-hybridized carbons (Fsp3) is 0.400. The molecular formula is C30H34N8O2. The minimum absolute atomic E-state index is 0.216. The average Bonchev–Trinajstić information content (AvgIpc) is 3.23. The molecule has 3 N–H and O–H groups in total. The molecule has 1 aliphatic carbocycles. The Bertz CT molecular complexity index is 1630. The van der Waals surface area contributed by atoms with Crippen LogP contribution in [-0.2, 0) is 13.0 Å². The Hall–Kier alpha value is -4.02. The van der Waals surface area contributed by atoms with E-state index in [4.69, 9.17) is 9.97 Å². The lowest BCUT2D eigenvalue weighted by Gasteiger charge is -2.49. The molecule has 4 aromatic rings. The number of hydrogen-bond acceptors (Lipinski definition) is 8. The third-order valence-corrected chi connectivity index (χ3v) is 8.74. The van der Waals surface area contributed by atoms with Gasteiger partial charge in [0.2, 0.25) is 5.95 Å². The van der Waals surface area contributed by atoms with E-state index in [2.05, 4.69) is 39.2 Å². The second-order valence-electron chi connectivity index (χ2n) is 11.3. The van der Waals surface area contributed by atoms with Gasteiger partial charge in [-0.15, -0.1) is 6.58 Å². The van der Waals surface area contributed by atoms with Gasteiger partial charge < -0.3 is 20.6 Å². The molecule has 0 radical (unpaired) electrons. The zero-order valence-electron chi connectivity index (χ0n) is 22.5. The zero-order valence-corrected chi connectivity index (χ0v) is 22.5. The van der Waals surface area contributed by atoms with E-state index in [1.165, 1.54) is 18.5 Å². The van der Waals surface area contributed by atoms with E-state index in [1.54, 1.807) is 21.6 Å². The summed E-state index contributed by atoms with van der Waals surface area (Å²) in [6, 6.07) is 12.2. The summed E-state index contributed by atoms with van der Waals surface area (Å²) in [6.45, 7) is 8.59. The highest BCUT2D eigenvalue weighted by Gasteiger charge is 2.39. The van der Waals surface area contributed by atoms with Crippen molar-refractivity contribution in [1.82, 2.24) is 29.6 Å². The molecule has 2 fully saturated rings. The Morgan fingerprint density at radius 3 is 2.65 bits per heavy atom. The molecule has 3 aromatic heterocycles. The molecule has 0 bridgehead atoms. The van der Waals surface area contributed by atoms with Crippen molar-refractivity contribution < 1.29 is 5.11 Å². The van der Waals surface area contributed by atoms with E-state index >= 15 is 0 Å². The largest absolute Gasteiger partial charge is 0.387 e. The molecule has 40 heavy (non-hydrogen) atoms. The molecule has 1 aromatic carbocycles. The van der Waals surface area contributed by atoms with Crippen molar-refractivity contribution in [3.05, 3.63) is 76.9 Å². The summed E-state index contributed by atoms with van der Waals surface area (Å²) in [5, 5.41) is 17.7. The van der Waals surface area contributed by atoms with Crippen LogP contribution in [0.2, 0.25) is 0 Å². The Morgan fingerprint density at radius 2 is 1.93 bits per heavy atom. The molecule has 3 aliphatic rings. The molecule has 2 saturated heterocycles. The molecule has 2 aliphatic heterocycles. The lowest BCUT2D eigenvalue weighted by atomic mass is 9.73. The Labute approximate surface area is 232 Å². The lowest BCUT2D eigenvalue weighted by Crippen LogP contribution is -2.58. The van der Waals surface area contributed by atoms with Gasteiger partial charge in [-0.25, -0.2) is 19.3 Å². The van der Waals surface area contributed by atoms with E-state index in [-0.39, 0.29) is 12.1 Å². The lowest BCUT2D eigenvalue weighted by molar-refractivity contribution is 0.126. The topological polar surface area (TPSA) is 113 Å². The van der Waals surface area contributed by atoms with Crippen molar-refractivity contribution in [1.29, 1.82) is 0 Å². The number of rotatable bonds is 6. The first-order valence-electron chi connectivity index (χ1n) is 14.1. The third-order valence-electron chi connectivity index (χ3n) is 8.74. The van der Waals surface area contributed by atoms with Gasteiger partial charge >= 0.3 is 0 Å². The van der Waals surface area contributed by atoms with Crippen molar-refractivity contribution >= 4 is 28.4 Å². The number of fused-ring (bicyclic) bond motifs is 2. The zero-order chi connectivity index (χ0) is 27.3. The summed E-state index contributed by atoms with van der Waals surface area (Å²) in [5.74, 6) is 0.920. The second kappa shape index (κ2) is 9.87. The number of anilines is 3. The van der Waals surface area contributed by atoms with Gasteiger partial charge in [-0.3, -0.25) is 4.79 Å². The van der Waals surface area contributed by atoms with Crippen LogP contribution in [0.15, 0.2) is 60.0 Å². The van der Waals surface area contributed by atoms with E-state index in [0.29, 0.717) is 40.3 Å². The van der Waals surface area contributed by atoms with Gasteiger partial charge in [0.1, 0.15) is 5.39 Å². The van der Waals surface area contributed by atoms with E-state index in [9.17, 15) is 9.90 Å². The van der Waals surface area contributed by atoms with Crippen LogP contribution in [0, 0.1) is 5.41 Å². The maximum absolute atomic E-state index is 13.3. The van der Waals surface area contributed by atoms with Crippen LogP contribution in [0.25, 0.3) is 16.9 Å². The number of benzene rings is 1. The van der Waals surface area contributed by atoms with Gasteiger partial charge in [0, 0.05) is 43.8 Å². The fourth-order valence-corrected chi connectivity index (χ4v) is 6.30. The third kappa shape index (κ3) is 4.28. The van der Waals surface area contributed by atoms with Gasteiger partial charge in [0.15, 0.2) is 11.5 Å². The first-order chi connectivity index (χ1) is 19.5. The monoisotopic (exact) mass is 538 g/mol. The molecule has 1 atom stereocenters. The number of nitrogens with one attached hydrogen (secondary N) is 2. The van der Waals surface area contributed by atoms with Crippen LogP contribution in [0.5, 0.6) is 0 Å². The number of allylic oxidation sites excluding steroid dienone is 1. The number of aliphatic hydroxyl groups excluding tert-OH is 1. The summed E-state index contributed by atoms with van der Waals surface area (Å²) in [6.07, 6.45) is 7.59. The molecule has 10 nitrogen and oxygen atoms in total. The van der Waals surface area contributed by atoms with Gasteiger partial charge in [-0.1, -0.05) is 12.1 Å². The number of pyridine rings is 1. The standard InChI is InChI=1S/C30H34N8O2/c1-2-14-37-28(40)23-17-32-29(35-27(23)38(37)25-11-6-20-4-3-5-24(39)26(20)34-25)33-21-7-9-22(10-8-21)36-15-12-30(13-16-36)18-31-19-30/h2,6-11,17,24,31,39H,1,3-5,12-16,18-19H2,(H,32,33,35). The molecule has 10 heteroatoms. The highest BCUT2D eigenvalue weighted by molar-refractivity contribution is 5.77. The van der Waals surface area contributed by atoms with Crippen molar-refractivity contribution in [3.8, 4) is 5.82 Å². The Morgan fingerprint density at radius 1 is 1.12 bits per heavy atom. The first-order valence-corrected chi connectivity index (χ1v) is 14.1. The summed E-state index contributed by atoms with van der Waals surface area (Å²) in [4.78, 5) is 29.7. The summed E-state index contributed by atoms with van der Waals surface area (Å²) >= 11 is 0.